The van der Waals surface area contributed by atoms with Gasteiger partial charge in [-0.1, -0.05) is 48.5 Å². The lowest BCUT2D eigenvalue weighted by molar-refractivity contribution is 1.29. The van der Waals surface area contributed by atoms with Gasteiger partial charge in [-0.25, -0.2) is 0 Å². The SMILES string of the molecule is C(/Cc1ccccc1)=N/Nc1ccccc1. The van der Waals surface area contributed by atoms with E-state index in [0.29, 0.717) is 0 Å². The molecule has 2 aromatic rings. The zero-order chi connectivity index (χ0) is 11.1. The van der Waals surface area contributed by atoms with Crippen molar-refractivity contribution in [3.8, 4) is 0 Å². The van der Waals surface area contributed by atoms with E-state index in [1.807, 2.05) is 54.7 Å². The number of hydrogen-bond donors (Lipinski definition) is 1. The number of benzene rings is 2. The third-order valence-corrected chi connectivity index (χ3v) is 2.23. The predicted molar refractivity (Wildman–Crippen MR) is 68.7 cm³/mol. The first-order chi connectivity index (χ1) is 7.95. The molecule has 0 unspecified atom stereocenters. The maximum atomic E-state index is 4.16. The van der Waals surface area contributed by atoms with E-state index in [1.165, 1.54) is 5.56 Å². The molecule has 80 valence electrons. The monoisotopic (exact) mass is 210 g/mol. The molecular formula is C14H14N2. The Morgan fingerprint density at radius 1 is 0.875 bits per heavy atom. The number of hydrazone groups is 1. The van der Waals surface area contributed by atoms with E-state index in [-0.39, 0.29) is 0 Å². The highest BCUT2D eigenvalue weighted by atomic mass is 15.3. The minimum Gasteiger partial charge on any atom is -0.279 e. The first kappa shape index (κ1) is 10.4. The van der Waals surface area contributed by atoms with Crippen molar-refractivity contribution in [1.82, 2.24) is 0 Å². The smallest absolute Gasteiger partial charge is 0.0561 e. The van der Waals surface area contributed by atoms with Crippen molar-refractivity contribution in [1.29, 1.82) is 0 Å². The Balaban J connectivity index is 1.83. The van der Waals surface area contributed by atoms with Gasteiger partial charge in [0.15, 0.2) is 0 Å². The van der Waals surface area contributed by atoms with Crippen molar-refractivity contribution in [3.63, 3.8) is 0 Å². The lowest BCUT2D eigenvalue weighted by atomic mass is 10.2. The van der Waals surface area contributed by atoms with Crippen LogP contribution in [0.25, 0.3) is 0 Å². The maximum Gasteiger partial charge on any atom is 0.0561 e. The van der Waals surface area contributed by atoms with Gasteiger partial charge in [-0.05, 0) is 17.7 Å². The Bertz CT molecular complexity index is 391. The average Bonchev–Trinajstić information content (AvgIpc) is 2.37. The maximum absolute atomic E-state index is 4.16. The Kier molecular flexibility index (Phi) is 3.72. The molecule has 0 fully saturated rings. The van der Waals surface area contributed by atoms with Crippen molar-refractivity contribution < 1.29 is 0 Å². The van der Waals surface area contributed by atoms with E-state index in [0.717, 1.165) is 12.1 Å². The summed E-state index contributed by atoms with van der Waals surface area (Å²) in [6, 6.07) is 20.2. The molecule has 0 amide bonds. The summed E-state index contributed by atoms with van der Waals surface area (Å²) in [5.74, 6) is 0. The van der Waals surface area contributed by atoms with E-state index in [1.54, 1.807) is 0 Å². The van der Waals surface area contributed by atoms with Crippen LogP contribution < -0.4 is 5.43 Å². The standard InChI is InChI=1S/C14H14N2/c1-3-7-13(8-4-1)11-12-15-16-14-9-5-2-6-10-14/h1-10,12,16H,11H2/b15-12-. The van der Waals surface area contributed by atoms with Gasteiger partial charge in [-0.3, -0.25) is 5.43 Å². The molecule has 0 aliphatic carbocycles. The quantitative estimate of drug-likeness (QED) is 0.607. The first-order valence-electron chi connectivity index (χ1n) is 5.31. The van der Waals surface area contributed by atoms with Gasteiger partial charge in [0.05, 0.1) is 5.69 Å². The van der Waals surface area contributed by atoms with E-state index in [2.05, 4.69) is 22.7 Å². The molecule has 0 aliphatic heterocycles. The predicted octanol–water partition coefficient (Wildman–Crippen LogP) is 3.33. The second-order valence-electron chi connectivity index (χ2n) is 3.48. The van der Waals surface area contributed by atoms with Crippen molar-refractivity contribution in [3.05, 3.63) is 66.2 Å². The van der Waals surface area contributed by atoms with Crippen molar-refractivity contribution in [2.24, 2.45) is 5.10 Å². The molecule has 2 rings (SSSR count). The van der Waals surface area contributed by atoms with Gasteiger partial charge < -0.3 is 0 Å². The van der Waals surface area contributed by atoms with Crippen molar-refractivity contribution in [2.45, 2.75) is 6.42 Å². The second-order valence-corrected chi connectivity index (χ2v) is 3.48. The highest BCUT2D eigenvalue weighted by Crippen LogP contribution is 2.04. The van der Waals surface area contributed by atoms with Gasteiger partial charge in [0.1, 0.15) is 0 Å². The molecule has 2 aromatic carbocycles. The number of anilines is 1. The number of rotatable bonds is 4. The minimum atomic E-state index is 0.848. The normalized spacial score (nSPS) is 10.5. The Labute approximate surface area is 95.6 Å². The van der Waals surface area contributed by atoms with Crippen molar-refractivity contribution in [2.75, 3.05) is 5.43 Å². The van der Waals surface area contributed by atoms with Crippen molar-refractivity contribution >= 4 is 11.9 Å². The summed E-state index contributed by atoms with van der Waals surface area (Å²) in [5, 5.41) is 4.16. The molecule has 1 N–H and O–H groups in total. The fraction of sp³-hybridized carbons (Fsp3) is 0.0714. The summed E-state index contributed by atoms with van der Waals surface area (Å²) in [4.78, 5) is 0. The Morgan fingerprint density at radius 2 is 1.50 bits per heavy atom. The molecule has 2 heteroatoms. The number of nitrogens with zero attached hydrogens (tertiary/aromatic N) is 1. The van der Waals surface area contributed by atoms with Crippen LogP contribution in [0.1, 0.15) is 5.56 Å². The summed E-state index contributed by atoms with van der Waals surface area (Å²) >= 11 is 0. The molecule has 16 heavy (non-hydrogen) atoms. The van der Waals surface area contributed by atoms with Crippen LogP contribution in [0.4, 0.5) is 5.69 Å². The molecule has 0 saturated carbocycles. The molecule has 0 radical (unpaired) electrons. The molecule has 0 heterocycles. The van der Waals surface area contributed by atoms with Crippen LogP contribution in [0.3, 0.4) is 0 Å². The average molecular weight is 210 g/mol. The van der Waals surface area contributed by atoms with Gasteiger partial charge in [-0.15, -0.1) is 0 Å². The largest absolute Gasteiger partial charge is 0.279 e. The fourth-order valence-electron chi connectivity index (χ4n) is 1.40. The zero-order valence-electron chi connectivity index (χ0n) is 9.01. The topological polar surface area (TPSA) is 24.4 Å². The zero-order valence-corrected chi connectivity index (χ0v) is 9.01. The van der Waals surface area contributed by atoms with E-state index < -0.39 is 0 Å². The number of nitrogens with one attached hydrogen (secondary N) is 1. The molecule has 0 atom stereocenters. The van der Waals surface area contributed by atoms with Crippen LogP contribution >= 0.6 is 0 Å². The molecule has 2 nitrogen and oxygen atoms in total. The molecule has 0 aromatic heterocycles. The summed E-state index contributed by atoms with van der Waals surface area (Å²) in [6.45, 7) is 0. The van der Waals surface area contributed by atoms with Gasteiger partial charge in [-0.2, -0.15) is 5.10 Å². The van der Waals surface area contributed by atoms with E-state index in [4.69, 9.17) is 0 Å². The van der Waals surface area contributed by atoms with Gasteiger partial charge >= 0.3 is 0 Å². The summed E-state index contributed by atoms with van der Waals surface area (Å²) < 4.78 is 0. The van der Waals surface area contributed by atoms with Crippen LogP contribution in [0, 0.1) is 0 Å². The summed E-state index contributed by atoms with van der Waals surface area (Å²) in [7, 11) is 0. The van der Waals surface area contributed by atoms with Crippen LogP contribution in [0.5, 0.6) is 0 Å². The summed E-state index contributed by atoms with van der Waals surface area (Å²) in [6.07, 6.45) is 2.73. The summed E-state index contributed by atoms with van der Waals surface area (Å²) in [5.41, 5.74) is 5.26. The third-order valence-electron chi connectivity index (χ3n) is 2.23. The van der Waals surface area contributed by atoms with E-state index in [9.17, 15) is 0 Å². The van der Waals surface area contributed by atoms with Crippen LogP contribution in [-0.4, -0.2) is 6.21 Å². The molecule has 0 aliphatic rings. The van der Waals surface area contributed by atoms with Gasteiger partial charge in [0.25, 0.3) is 0 Å². The first-order valence-corrected chi connectivity index (χ1v) is 5.31. The fourth-order valence-corrected chi connectivity index (χ4v) is 1.40. The second kappa shape index (κ2) is 5.71. The van der Waals surface area contributed by atoms with Gasteiger partial charge in [0, 0.05) is 12.6 Å². The molecule has 0 saturated heterocycles. The van der Waals surface area contributed by atoms with Crippen LogP contribution in [0.15, 0.2) is 65.8 Å². The lowest BCUT2D eigenvalue weighted by Crippen LogP contribution is -1.91. The van der Waals surface area contributed by atoms with Gasteiger partial charge in [0.2, 0.25) is 0 Å². The lowest BCUT2D eigenvalue weighted by Gasteiger charge is -1.98. The van der Waals surface area contributed by atoms with Crippen LogP contribution in [0.2, 0.25) is 0 Å². The highest BCUT2D eigenvalue weighted by Gasteiger charge is 1.87. The minimum absolute atomic E-state index is 0.848. The molecule has 0 bridgehead atoms. The number of para-hydroxylation sites is 1. The molecule has 0 spiro atoms. The highest BCUT2D eigenvalue weighted by molar-refractivity contribution is 5.63. The molecular weight excluding hydrogens is 196 g/mol. The van der Waals surface area contributed by atoms with E-state index >= 15 is 0 Å². The third kappa shape index (κ3) is 3.24. The van der Waals surface area contributed by atoms with Crippen LogP contribution in [-0.2, 0) is 6.42 Å². The Hall–Kier alpha value is -2.09. The number of hydrogen-bond acceptors (Lipinski definition) is 2. The Morgan fingerprint density at radius 3 is 2.19 bits per heavy atom.